The number of carbonyl (C=O) groups is 1. The molecular formula is C21H20FN3O5S. The second kappa shape index (κ2) is 10.0. The highest BCUT2D eigenvalue weighted by Crippen LogP contribution is 2.22. The topological polar surface area (TPSA) is 107 Å². The van der Waals surface area contributed by atoms with E-state index in [1.54, 1.807) is 25.4 Å². The fraction of sp³-hybridized carbons (Fsp3) is 0.143. The third-order valence-electron chi connectivity index (χ3n) is 4.07. The minimum atomic E-state index is -3.88. The lowest BCUT2D eigenvalue weighted by molar-refractivity contribution is 0.102. The molecule has 0 unspecified atom stereocenters. The van der Waals surface area contributed by atoms with Gasteiger partial charge in [0.1, 0.15) is 18.1 Å². The SMILES string of the molecule is COCCOc1ncccc1NC(=O)c1ccc(NS(=O)(=O)c2ccc(F)cc2)cc1. The second-order valence-corrected chi connectivity index (χ2v) is 7.97. The van der Waals surface area contributed by atoms with Crippen molar-refractivity contribution in [3.63, 3.8) is 0 Å². The van der Waals surface area contributed by atoms with Gasteiger partial charge in [-0.2, -0.15) is 0 Å². The molecule has 162 valence electrons. The molecule has 0 atom stereocenters. The van der Waals surface area contributed by atoms with Crippen molar-refractivity contribution in [2.75, 3.05) is 30.4 Å². The van der Waals surface area contributed by atoms with Gasteiger partial charge in [0.15, 0.2) is 0 Å². The highest BCUT2D eigenvalue weighted by atomic mass is 32.2. The predicted molar refractivity (Wildman–Crippen MR) is 113 cm³/mol. The first-order chi connectivity index (χ1) is 14.9. The van der Waals surface area contributed by atoms with Gasteiger partial charge in [-0.3, -0.25) is 9.52 Å². The standard InChI is InChI=1S/C21H20FN3O5S/c1-29-13-14-30-21-19(3-2-12-23-21)24-20(26)15-4-8-17(9-5-15)25-31(27,28)18-10-6-16(22)7-11-18/h2-12,25H,13-14H2,1H3,(H,24,26). The number of anilines is 2. The molecule has 3 aromatic rings. The van der Waals surface area contributed by atoms with Gasteiger partial charge in [0, 0.05) is 24.6 Å². The van der Waals surface area contributed by atoms with Gasteiger partial charge in [-0.05, 0) is 60.7 Å². The number of nitrogens with zero attached hydrogens (tertiary/aromatic N) is 1. The van der Waals surface area contributed by atoms with E-state index in [9.17, 15) is 17.6 Å². The Bertz CT molecular complexity index is 1140. The summed E-state index contributed by atoms with van der Waals surface area (Å²) < 4.78 is 50.6. The van der Waals surface area contributed by atoms with Gasteiger partial charge in [0.2, 0.25) is 5.88 Å². The third-order valence-corrected chi connectivity index (χ3v) is 5.47. The largest absolute Gasteiger partial charge is 0.474 e. The molecule has 0 aliphatic carbocycles. The number of hydrogen-bond donors (Lipinski definition) is 2. The van der Waals surface area contributed by atoms with Gasteiger partial charge < -0.3 is 14.8 Å². The molecule has 0 saturated heterocycles. The highest BCUT2D eigenvalue weighted by Gasteiger charge is 2.15. The average molecular weight is 445 g/mol. The molecule has 1 aromatic heterocycles. The first-order valence-corrected chi connectivity index (χ1v) is 10.6. The van der Waals surface area contributed by atoms with Crippen LogP contribution in [-0.2, 0) is 14.8 Å². The van der Waals surface area contributed by atoms with Crippen LogP contribution in [0.3, 0.4) is 0 Å². The van der Waals surface area contributed by atoms with E-state index in [1.165, 1.54) is 36.4 Å². The number of aromatic nitrogens is 1. The molecule has 2 aromatic carbocycles. The van der Waals surface area contributed by atoms with Gasteiger partial charge in [0.25, 0.3) is 15.9 Å². The van der Waals surface area contributed by atoms with Gasteiger partial charge in [-0.25, -0.2) is 17.8 Å². The molecule has 0 aliphatic rings. The first kappa shape index (κ1) is 22.2. The van der Waals surface area contributed by atoms with Crippen molar-refractivity contribution in [1.29, 1.82) is 0 Å². The molecule has 0 fully saturated rings. The Morgan fingerprint density at radius 3 is 2.42 bits per heavy atom. The number of nitrogens with one attached hydrogen (secondary N) is 2. The molecule has 0 bridgehead atoms. The summed E-state index contributed by atoms with van der Waals surface area (Å²) in [6.45, 7) is 0.651. The van der Waals surface area contributed by atoms with E-state index in [0.717, 1.165) is 12.1 Å². The molecular weight excluding hydrogens is 425 g/mol. The maximum absolute atomic E-state index is 13.0. The smallest absolute Gasteiger partial charge is 0.261 e. The molecule has 2 N–H and O–H groups in total. The number of sulfonamides is 1. The Morgan fingerprint density at radius 1 is 1.03 bits per heavy atom. The molecule has 1 amide bonds. The van der Waals surface area contributed by atoms with Crippen LogP contribution >= 0.6 is 0 Å². The number of pyridine rings is 1. The van der Waals surface area contributed by atoms with Crippen molar-refractivity contribution in [3.8, 4) is 5.88 Å². The summed E-state index contributed by atoms with van der Waals surface area (Å²) >= 11 is 0. The van der Waals surface area contributed by atoms with Gasteiger partial charge in [0.05, 0.1) is 11.5 Å². The Kier molecular flexibility index (Phi) is 7.16. The van der Waals surface area contributed by atoms with Crippen LogP contribution in [0.25, 0.3) is 0 Å². The quantitative estimate of drug-likeness (QED) is 0.490. The molecule has 3 rings (SSSR count). The Morgan fingerprint density at radius 2 is 1.74 bits per heavy atom. The fourth-order valence-electron chi connectivity index (χ4n) is 2.53. The number of rotatable bonds is 9. The van der Waals surface area contributed by atoms with Gasteiger partial charge in [-0.1, -0.05) is 0 Å². The van der Waals surface area contributed by atoms with E-state index in [1.807, 2.05) is 0 Å². The summed E-state index contributed by atoms with van der Waals surface area (Å²) in [5.41, 5.74) is 0.951. The molecule has 0 aliphatic heterocycles. The number of halogens is 1. The second-order valence-electron chi connectivity index (χ2n) is 6.29. The van der Waals surface area contributed by atoms with Crippen LogP contribution in [0.2, 0.25) is 0 Å². The maximum Gasteiger partial charge on any atom is 0.261 e. The zero-order valence-corrected chi connectivity index (χ0v) is 17.4. The highest BCUT2D eigenvalue weighted by molar-refractivity contribution is 7.92. The molecule has 1 heterocycles. The van der Waals surface area contributed by atoms with Crippen LogP contribution in [0, 0.1) is 5.82 Å². The van der Waals surface area contributed by atoms with Crippen LogP contribution in [0.4, 0.5) is 15.8 Å². The number of methoxy groups -OCH3 is 1. The summed E-state index contributed by atoms with van der Waals surface area (Å²) in [7, 11) is -2.33. The molecule has 0 saturated carbocycles. The van der Waals surface area contributed by atoms with Crippen molar-refractivity contribution in [2.45, 2.75) is 4.90 Å². The summed E-state index contributed by atoms with van der Waals surface area (Å²) in [5, 5.41) is 2.71. The van der Waals surface area contributed by atoms with Crippen LogP contribution < -0.4 is 14.8 Å². The molecule has 0 radical (unpaired) electrons. The Hall–Kier alpha value is -3.50. The van der Waals surface area contributed by atoms with E-state index in [0.29, 0.717) is 17.9 Å². The zero-order chi connectivity index (χ0) is 22.3. The van der Waals surface area contributed by atoms with Crippen molar-refractivity contribution < 1.29 is 27.1 Å². The minimum Gasteiger partial charge on any atom is -0.474 e. The Labute approximate surface area is 179 Å². The number of ether oxygens (including phenoxy) is 2. The van der Waals surface area contributed by atoms with E-state index < -0.39 is 21.7 Å². The number of benzene rings is 2. The van der Waals surface area contributed by atoms with Crippen molar-refractivity contribution in [3.05, 3.63) is 78.2 Å². The number of amides is 1. The summed E-state index contributed by atoms with van der Waals surface area (Å²) in [5.74, 6) is -0.690. The zero-order valence-electron chi connectivity index (χ0n) is 16.5. The van der Waals surface area contributed by atoms with E-state index in [4.69, 9.17) is 9.47 Å². The fourth-order valence-corrected chi connectivity index (χ4v) is 3.59. The minimum absolute atomic E-state index is 0.0756. The summed E-state index contributed by atoms with van der Waals surface area (Å²) in [4.78, 5) is 16.6. The van der Waals surface area contributed by atoms with Crippen LogP contribution in [0.15, 0.2) is 71.8 Å². The van der Waals surface area contributed by atoms with Crippen molar-refractivity contribution in [1.82, 2.24) is 4.98 Å². The van der Waals surface area contributed by atoms with Crippen LogP contribution in [0.1, 0.15) is 10.4 Å². The lowest BCUT2D eigenvalue weighted by Crippen LogP contribution is -2.15. The van der Waals surface area contributed by atoms with Crippen molar-refractivity contribution >= 4 is 27.3 Å². The lowest BCUT2D eigenvalue weighted by atomic mass is 10.2. The van der Waals surface area contributed by atoms with Crippen LogP contribution in [0.5, 0.6) is 5.88 Å². The van der Waals surface area contributed by atoms with E-state index >= 15 is 0 Å². The van der Waals surface area contributed by atoms with Crippen LogP contribution in [-0.4, -0.2) is 39.6 Å². The van der Waals surface area contributed by atoms with Gasteiger partial charge >= 0.3 is 0 Å². The normalized spacial score (nSPS) is 11.0. The average Bonchev–Trinajstić information content (AvgIpc) is 2.75. The molecule has 8 nitrogen and oxygen atoms in total. The molecule has 10 heteroatoms. The summed E-state index contributed by atoms with van der Waals surface area (Å²) in [6, 6.07) is 13.6. The molecule has 31 heavy (non-hydrogen) atoms. The van der Waals surface area contributed by atoms with Gasteiger partial charge in [-0.15, -0.1) is 0 Å². The van der Waals surface area contributed by atoms with Crippen molar-refractivity contribution in [2.24, 2.45) is 0 Å². The third kappa shape index (κ3) is 6.00. The lowest BCUT2D eigenvalue weighted by Gasteiger charge is -2.12. The van der Waals surface area contributed by atoms with E-state index in [2.05, 4.69) is 15.0 Å². The molecule has 0 spiro atoms. The number of hydrogen-bond acceptors (Lipinski definition) is 6. The maximum atomic E-state index is 13.0. The first-order valence-electron chi connectivity index (χ1n) is 9.15. The number of carbonyl (C=O) groups excluding carboxylic acids is 1. The van der Waals surface area contributed by atoms with E-state index in [-0.39, 0.29) is 23.1 Å². The Balaban J connectivity index is 1.68. The predicted octanol–water partition coefficient (Wildman–Crippen LogP) is 3.30. The monoisotopic (exact) mass is 445 g/mol. The summed E-state index contributed by atoms with van der Waals surface area (Å²) in [6.07, 6.45) is 1.54.